The van der Waals surface area contributed by atoms with Gasteiger partial charge in [-0.05, 0) is 18.2 Å². The second-order valence-electron chi connectivity index (χ2n) is 4.75. The van der Waals surface area contributed by atoms with E-state index in [0.717, 1.165) is 12.1 Å². The molecule has 2 aromatic rings. The molecule has 2 rings (SSSR count). The molecule has 0 saturated carbocycles. The molecular formula is C16H16F2N2O3. The minimum absolute atomic E-state index is 0.0897. The molecule has 0 spiro atoms. The third-order valence-electron chi connectivity index (χ3n) is 3.11. The van der Waals surface area contributed by atoms with E-state index in [1.54, 1.807) is 24.3 Å². The van der Waals surface area contributed by atoms with Crippen LogP contribution in [0.25, 0.3) is 0 Å². The van der Waals surface area contributed by atoms with Crippen LogP contribution >= 0.6 is 0 Å². The molecule has 0 heterocycles. The molecule has 1 atom stereocenters. The number of amides is 2. The van der Waals surface area contributed by atoms with Crippen LogP contribution in [0.15, 0.2) is 42.5 Å². The molecule has 0 saturated heterocycles. The second kappa shape index (κ2) is 7.55. The summed E-state index contributed by atoms with van der Waals surface area (Å²) >= 11 is 0. The van der Waals surface area contributed by atoms with Crippen LogP contribution in [-0.2, 0) is 0 Å². The van der Waals surface area contributed by atoms with Gasteiger partial charge in [-0.25, -0.2) is 13.6 Å². The normalized spacial score (nSPS) is 11.7. The Morgan fingerprint density at radius 1 is 1.26 bits per heavy atom. The fourth-order valence-electron chi connectivity index (χ4n) is 1.95. The molecule has 0 aliphatic carbocycles. The summed E-state index contributed by atoms with van der Waals surface area (Å²) in [5.41, 5.74) is 0.414. The quantitative estimate of drug-likeness (QED) is 0.793. The van der Waals surface area contributed by atoms with Gasteiger partial charge in [0.2, 0.25) is 0 Å². The molecule has 23 heavy (non-hydrogen) atoms. The van der Waals surface area contributed by atoms with Crippen molar-refractivity contribution in [3.8, 4) is 5.75 Å². The topological polar surface area (TPSA) is 70.6 Å². The van der Waals surface area contributed by atoms with Gasteiger partial charge in [0.1, 0.15) is 17.4 Å². The predicted molar refractivity (Wildman–Crippen MR) is 81.3 cm³/mol. The first kappa shape index (κ1) is 16.7. The zero-order chi connectivity index (χ0) is 16.8. The minimum Gasteiger partial charge on any atom is -0.497 e. The van der Waals surface area contributed by atoms with Crippen LogP contribution in [0.3, 0.4) is 0 Å². The smallest absolute Gasteiger partial charge is 0.319 e. The van der Waals surface area contributed by atoms with E-state index in [4.69, 9.17) is 4.74 Å². The van der Waals surface area contributed by atoms with Crippen molar-refractivity contribution in [3.05, 3.63) is 59.7 Å². The molecule has 7 heteroatoms. The summed E-state index contributed by atoms with van der Waals surface area (Å²) in [4.78, 5) is 11.8. The highest BCUT2D eigenvalue weighted by Gasteiger charge is 2.14. The molecule has 122 valence electrons. The molecule has 0 aliphatic heterocycles. The van der Waals surface area contributed by atoms with Crippen molar-refractivity contribution in [1.29, 1.82) is 0 Å². The van der Waals surface area contributed by atoms with Gasteiger partial charge in [-0.15, -0.1) is 0 Å². The van der Waals surface area contributed by atoms with E-state index in [0.29, 0.717) is 17.5 Å². The number of hydrogen-bond donors (Lipinski definition) is 3. The average Bonchev–Trinajstić information content (AvgIpc) is 2.53. The Morgan fingerprint density at radius 2 is 2.04 bits per heavy atom. The van der Waals surface area contributed by atoms with E-state index in [2.05, 4.69) is 10.6 Å². The van der Waals surface area contributed by atoms with Crippen molar-refractivity contribution in [1.82, 2.24) is 5.32 Å². The number of anilines is 1. The highest BCUT2D eigenvalue weighted by Crippen LogP contribution is 2.18. The molecular weight excluding hydrogens is 306 g/mol. The number of hydrogen-bond acceptors (Lipinski definition) is 3. The molecule has 0 radical (unpaired) electrons. The zero-order valence-electron chi connectivity index (χ0n) is 12.3. The first-order valence-electron chi connectivity index (χ1n) is 6.81. The van der Waals surface area contributed by atoms with Gasteiger partial charge in [0.05, 0.1) is 13.2 Å². The number of methoxy groups -OCH3 is 1. The van der Waals surface area contributed by atoms with Gasteiger partial charge in [-0.3, -0.25) is 0 Å². The van der Waals surface area contributed by atoms with Crippen LogP contribution < -0.4 is 15.4 Å². The standard InChI is InChI=1S/C16H16F2N2O3/c1-23-12-4-2-3-11(8-12)20-16(22)19-9-15(21)13-6-5-10(17)7-14(13)18/h2-8,15,21H,9H2,1H3,(H2,19,20,22)/t15-/m0/s1. The number of benzene rings is 2. The Kier molecular flexibility index (Phi) is 5.48. The molecule has 0 aromatic heterocycles. The number of carbonyl (C=O) groups is 1. The Balaban J connectivity index is 1.90. The summed E-state index contributed by atoms with van der Waals surface area (Å²) in [6.07, 6.45) is -1.29. The zero-order valence-corrected chi connectivity index (χ0v) is 12.3. The molecule has 0 bridgehead atoms. The SMILES string of the molecule is COc1cccc(NC(=O)NC[C@H](O)c2ccc(F)cc2F)c1. The largest absolute Gasteiger partial charge is 0.497 e. The highest BCUT2D eigenvalue weighted by molar-refractivity contribution is 5.89. The second-order valence-corrected chi connectivity index (χ2v) is 4.75. The summed E-state index contributed by atoms with van der Waals surface area (Å²) in [6.45, 7) is -0.224. The van der Waals surface area contributed by atoms with Crippen LogP contribution in [0, 0.1) is 11.6 Å². The lowest BCUT2D eigenvalue weighted by molar-refractivity contribution is 0.170. The maximum atomic E-state index is 13.5. The maximum Gasteiger partial charge on any atom is 0.319 e. The van der Waals surface area contributed by atoms with Gasteiger partial charge in [0.25, 0.3) is 0 Å². The van der Waals surface area contributed by atoms with Gasteiger partial charge in [0, 0.05) is 29.9 Å². The summed E-state index contributed by atoms with van der Waals surface area (Å²) in [6, 6.07) is 9.00. The molecule has 0 unspecified atom stereocenters. The minimum atomic E-state index is -1.29. The number of aliphatic hydroxyl groups is 1. The van der Waals surface area contributed by atoms with Crippen molar-refractivity contribution in [2.45, 2.75) is 6.10 Å². The van der Waals surface area contributed by atoms with Crippen LogP contribution in [0.4, 0.5) is 19.3 Å². The number of aliphatic hydroxyl groups excluding tert-OH is 1. The fraction of sp³-hybridized carbons (Fsp3) is 0.188. The first-order chi connectivity index (χ1) is 11.0. The first-order valence-corrected chi connectivity index (χ1v) is 6.81. The predicted octanol–water partition coefficient (Wildman–Crippen LogP) is 2.83. The van der Waals surface area contributed by atoms with E-state index in [-0.39, 0.29) is 12.1 Å². The van der Waals surface area contributed by atoms with Gasteiger partial charge in [0.15, 0.2) is 0 Å². The maximum absolute atomic E-state index is 13.5. The Morgan fingerprint density at radius 3 is 2.74 bits per heavy atom. The van der Waals surface area contributed by atoms with Crippen molar-refractivity contribution in [2.75, 3.05) is 19.0 Å². The van der Waals surface area contributed by atoms with Gasteiger partial charge in [-0.2, -0.15) is 0 Å². The number of halogens is 2. The lowest BCUT2D eigenvalue weighted by atomic mass is 10.1. The van der Waals surface area contributed by atoms with E-state index < -0.39 is 23.8 Å². The number of rotatable bonds is 5. The van der Waals surface area contributed by atoms with E-state index in [9.17, 15) is 18.7 Å². The molecule has 2 amide bonds. The van der Waals surface area contributed by atoms with E-state index in [1.807, 2.05) is 0 Å². The third-order valence-corrected chi connectivity index (χ3v) is 3.11. The Bertz CT molecular complexity index is 695. The lowest BCUT2D eigenvalue weighted by Crippen LogP contribution is -2.32. The van der Waals surface area contributed by atoms with Gasteiger partial charge in [-0.1, -0.05) is 12.1 Å². The van der Waals surface area contributed by atoms with E-state index in [1.165, 1.54) is 7.11 Å². The van der Waals surface area contributed by atoms with Crippen LogP contribution in [0.1, 0.15) is 11.7 Å². The molecule has 3 N–H and O–H groups in total. The summed E-state index contributed by atoms with van der Waals surface area (Å²) in [5, 5.41) is 14.8. The fourth-order valence-corrected chi connectivity index (χ4v) is 1.95. The number of ether oxygens (including phenoxy) is 1. The summed E-state index contributed by atoms with van der Waals surface area (Å²) in [7, 11) is 1.51. The van der Waals surface area contributed by atoms with Crippen LogP contribution in [0.2, 0.25) is 0 Å². The van der Waals surface area contributed by atoms with Crippen molar-refractivity contribution in [2.24, 2.45) is 0 Å². The number of carbonyl (C=O) groups excluding carboxylic acids is 1. The van der Waals surface area contributed by atoms with E-state index >= 15 is 0 Å². The monoisotopic (exact) mass is 322 g/mol. The molecule has 0 fully saturated rings. The van der Waals surface area contributed by atoms with Gasteiger partial charge < -0.3 is 20.5 Å². The Labute approximate surface area is 131 Å². The molecule has 2 aromatic carbocycles. The summed E-state index contributed by atoms with van der Waals surface area (Å²) in [5.74, 6) is -1.02. The molecule has 5 nitrogen and oxygen atoms in total. The van der Waals surface area contributed by atoms with Crippen LogP contribution in [-0.4, -0.2) is 24.8 Å². The lowest BCUT2D eigenvalue weighted by Gasteiger charge is -2.14. The average molecular weight is 322 g/mol. The summed E-state index contributed by atoms with van der Waals surface area (Å²) < 4.78 is 31.4. The van der Waals surface area contributed by atoms with Crippen molar-refractivity contribution >= 4 is 11.7 Å². The van der Waals surface area contributed by atoms with Crippen LogP contribution in [0.5, 0.6) is 5.75 Å². The highest BCUT2D eigenvalue weighted by atomic mass is 19.1. The number of nitrogens with one attached hydrogen (secondary N) is 2. The number of urea groups is 1. The van der Waals surface area contributed by atoms with Gasteiger partial charge >= 0.3 is 6.03 Å². The molecule has 0 aliphatic rings. The third kappa shape index (κ3) is 4.65. The van der Waals surface area contributed by atoms with Crippen molar-refractivity contribution < 1.29 is 23.4 Å². The Hall–Kier alpha value is -2.67. The van der Waals surface area contributed by atoms with Crippen molar-refractivity contribution in [3.63, 3.8) is 0 Å².